The minimum atomic E-state index is -0.215. The minimum Gasteiger partial charge on any atom is -0.494 e. The van der Waals surface area contributed by atoms with E-state index in [1.807, 2.05) is 60.7 Å². The van der Waals surface area contributed by atoms with Gasteiger partial charge in [0.2, 0.25) is 0 Å². The highest BCUT2D eigenvalue weighted by Gasteiger charge is 2.08. The van der Waals surface area contributed by atoms with Crippen LogP contribution in [0, 0.1) is 0 Å². The van der Waals surface area contributed by atoms with E-state index in [1.54, 1.807) is 0 Å². The van der Waals surface area contributed by atoms with Crippen LogP contribution in [0.2, 0.25) is 0 Å². The van der Waals surface area contributed by atoms with Crippen LogP contribution in [0.3, 0.4) is 0 Å². The molecule has 1 N–H and O–H groups in total. The number of carbonyl (C=O) groups excluding carboxylic acids is 1. The number of hydrogen-bond donors (Lipinski definition) is 1. The Kier molecular flexibility index (Phi) is 8.98. The second-order valence-corrected chi connectivity index (χ2v) is 8.14. The number of unbranched alkanes of at least 4 members (excludes halogenated alkanes) is 3. The Labute approximate surface area is 192 Å². The van der Waals surface area contributed by atoms with Gasteiger partial charge in [-0.15, -0.1) is 0 Å². The SMILES string of the molecule is CCCCCCOc1ccc(NC(=O)COc2ccc(-c3ccccc3)cc2Br)cc1. The first-order valence-electron chi connectivity index (χ1n) is 10.7. The van der Waals surface area contributed by atoms with Gasteiger partial charge in [0.25, 0.3) is 5.91 Å². The van der Waals surface area contributed by atoms with Crippen molar-refractivity contribution >= 4 is 27.5 Å². The fourth-order valence-corrected chi connectivity index (χ4v) is 3.62. The molecule has 0 saturated heterocycles. The summed E-state index contributed by atoms with van der Waals surface area (Å²) in [7, 11) is 0. The minimum absolute atomic E-state index is 0.0705. The Morgan fingerprint density at radius 3 is 2.35 bits per heavy atom. The van der Waals surface area contributed by atoms with Crippen molar-refractivity contribution in [3.05, 3.63) is 77.3 Å². The van der Waals surface area contributed by atoms with Crippen LogP contribution < -0.4 is 14.8 Å². The maximum atomic E-state index is 12.3. The van der Waals surface area contributed by atoms with Crippen molar-refractivity contribution in [3.8, 4) is 22.6 Å². The molecular formula is C26H28BrNO3. The molecule has 0 radical (unpaired) electrons. The Balaban J connectivity index is 1.45. The van der Waals surface area contributed by atoms with Crippen LogP contribution >= 0.6 is 15.9 Å². The molecule has 0 spiro atoms. The smallest absolute Gasteiger partial charge is 0.262 e. The number of carbonyl (C=O) groups is 1. The molecule has 5 heteroatoms. The molecule has 0 aromatic heterocycles. The van der Waals surface area contributed by atoms with Crippen LogP contribution in [-0.2, 0) is 4.79 Å². The van der Waals surface area contributed by atoms with E-state index < -0.39 is 0 Å². The average Bonchev–Trinajstić information content (AvgIpc) is 2.80. The molecule has 0 aliphatic carbocycles. The predicted molar refractivity (Wildman–Crippen MR) is 130 cm³/mol. The second kappa shape index (κ2) is 12.2. The summed E-state index contributed by atoms with van der Waals surface area (Å²) in [6.45, 7) is 2.84. The van der Waals surface area contributed by atoms with Gasteiger partial charge >= 0.3 is 0 Å². The fraction of sp³-hybridized carbons (Fsp3) is 0.269. The Bertz CT molecular complexity index is 958. The molecule has 162 valence electrons. The third-order valence-electron chi connectivity index (χ3n) is 4.80. The van der Waals surface area contributed by atoms with E-state index in [-0.39, 0.29) is 12.5 Å². The normalized spacial score (nSPS) is 10.5. The van der Waals surface area contributed by atoms with Crippen LogP contribution in [0.15, 0.2) is 77.3 Å². The molecule has 1 amide bonds. The van der Waals surface area contributed by atoms with E-state index >= 15 is 0 Å². The van der Waals surface area contributed by atoms with Gasteiger partial charge in [0.1, 0.15) is 11.5 Å². The van der Waals surface area contributed by atoms with Crippen LogP contribution in [-0.4, -0.2) is 19.1 Å². The van der Waals surface area contributed by atoms with Gasteiger partial charge in [-0.2, -0.15) is 0 Å². The number of benzene rings is 3. The molecule has 0 saturated carbocycles. The molecule has 31 heavy (non-hydrogen) atoms. The van der Waals surface area contributed by atoms with Crippen molar-refractivity contribution in [2.24, 2.45) is 0 Å². The van der Waals surface area contributed by atoms with Crippen LogP contribution in [0.4, 0.5) is 5.69 Å². The van der Waals surface area contributed by atoms with Gasteiger partial charge < -0.3 is 14.8 Å². The van der Waals surface area contributed by atoms with E-state index in [0.29, 0.717) is 11.4 Å². The van der Waals surface area contributed by atoms with Crippen molar-refractivity contribution in [1.29, 1.82) is 0 Å². The van der Waals surface area contributed by atoms with Gasteiger partial charge in [0.05, 0.1) is 11.1 Å². The molecule has 3 rings (SSSR count). The molecule has 0 aliphatic heterocycles. The quantitative estimate of drug-likeness (QED) is 0.297. The van der Waals surface area contributed by atoms with Crippen LogP contribution in [0.1, 0.15) is 32.6 Å². The molecule has 0 fully saturated rings. The number of rotatable bonds is 11. The fourth-order valence-electron chi connectivity index (χ4n) is 3.12. The van der Waals surface area contributed by atoms with E-state index in [0.717, 1.165) is 34.4 Å². The lowest BCUT2D eigenvalue weighted by Gasteiger charge is -2.11. The van der Waals surface area contributed by atoms with Crippen LogP contribution in [0.25, 0.3) is 11.1 Å². The third-order valence-corrected chi connectivity index (χ3v) is 5.42. The lowest BCUT2D eigenvalue weighted by molar-refractivity contribution is -0.118. The van der Waals surface area contributed by atoms with Crippen molar-refractivity contribution in [2.75, 3.05) is 18.5 Å². The summed E-state index contributed by atoms with van der Waals surface area (Å²) in [6.07, 6.45) is 4.71. The molecule has 0 aliphatic rings. The number of anilines is 1. The predicted octanol–water partition coefficient (Wildman–Crippen LogP) is 7.09. The van der Waals surface area contributed by atoms with Gasteiger partial charge in [0, 0.05) is 5.69 Å². The van der Waals surface area contributed by atoms with E-state index in [9.17, 15) is 4.79 Å². The van der Waals surface area contributed by atoms with Crippen molar-refractivity contribution < 1.29 is 14.3 Å². The van der Waals surface area contributed by atoms with Gasteiger partial charge in [0.15, 0.2) is 6.61 Å². The zero-order chi connectivity index (χ0) is 21.9. The van der Waals surface area contributed by atoms with E-state index in [1.165, 1.54) is 19.3 Å². The molecule has 3 aromatic carbocycles. The monoisotopic (exact) mass is 481 g/mol. The summed E-state index contributed by atoms with van der Waals surface area (Å²) in [4.78, 5) is 12.3. The van der Waals surface area contributed by atoms with Gasteiger partial charge in [-0.05, 0) is 69.9 Å². The van der Waals surface area contributed by atoms with E-state index in [2.05, 4.69) is 40.3 Å². The summed E-state index contributed by atoms with van der Waals surface area (Å²) in [5.74, 6) is 1.22. The summed E-state index contributed by atoms with van der Waals surface area (Å²) in [5.41, 5.74) is 2.92. The largest absolute Gasteiger partial charge is 0.494 e. The Hall–Kier alpha value is -2.79. The van der Waals surface area contributed by atoms with Crippen molar-refractivity contribution in [3.63, 3.8) is 0 Å². The molecular weight excluding hydrogens is 454 g/mol. The molecule has 0 bridgehead atoms. The lowest BCUT2D eigenvalue weighted by Crippen LogP contribution is -2.20. The van der Waals surface area contributed by atoms with Gasteiger partial charge in [-0.25, -0.2) is 0 Å². The second-order valence-electron chi connectivity index (χ2n) is 7.28. The summed E-state index contributed by atoms with van der Waals surface area (Å²) in [5, 5.41) is 2.85. The zero-order valence-electron chi connectivity index (χ0n) is 17.8. The molecule has 4 nitrogen and oxygen atoms in total. The lowest BCUT2D eigenvalue weighted by atomic mass is 10.1. The number of hydrogen-bond acceptors (Lipinski definition) is 3. The molecule has 0 heterocycles. The highest BCUT2D eigenvalue weighted by Crippen LogP contribution is 2.30. The highest BCUT2D eigenvalue weighted by molar-refractivity contribution is 9.10. The highest BCUT2D eigenvalue weighted by atomic mass is 79.9. The molecule has 0 unspecified atom stereocenters. The summed E-state index contributed by atoms with van der Waals surface area (Å²) < 4.78 is 12.2. The maximum absolute atomic E-state index is 12.3. The zero-order valence-corrected chi connectivity index (χ0v) is 19.4. The number of halogens is 1. The van der Waals surface area contributed by atoms with E-state index in [4.69, 9.17) is 9.47 Å². The Morgan fingerprint density at radius 2 is 1.65 bits per heavy atom. The maximum Gasteiger partial charge on any atom is 0.262 e. The first-order valence-corrected chi connectivity index (χ1v) is 11.5. The van der Waals surface area contributed by atoms with Crippen molar-refractivity contribution in [2.45, 2.75) is 32.6 Å². The molecule has 3 aromatic rings. The van der Waals surface area contributed by atoms with Crippen LogP contribution in [0.5, 0.6) is 11.5 Å². The van der Waals surface area contributed by atoms with Gasteiger partial charge in [-0.1, -0.05) is 62.6 Å². The van der Waals surface area contributed by atoms with Gasteiger partial charge in [-0.3, -0.25) is 4.79 Å². The number of amides is 1. The third kappa shape index (κ3) is 7.44. The topological polar surface area (TPSA) is 47.6 Å². The average molecular weight is 482 g/mol. The molecule has 0 atom stereocenters. The summed E-state index contributed by atoms with van der Waals surface area (Å²) in [6, 6.07) is 23.4. The Morgan fingerprint density at radius 1 is 0.871 bits per heavy atom. The number of ether oxygens (including phenoxy) is 2. The first kappa shape index (κ1) is 22.9. The summed E-state index contributed by atoms with van der Waals surface area (Å²) >= 11 is 3.53. The first-order chi connectivity index (χ1) is 15.2. The van der Waals surface area contributed by atoms with Crippen molar-refractivity contribution in [1.82, 2.24) is 0 Å². The number of nitrogens with one attached hydrogen (secondary N) is 1. The standard InChI is InChI=1S/C26H28BrNO3/c1-2-3-4-8-17-30-23-14-12-22(13-15-23)28-26(29)19-31-25-16-11-21(18-24(25)27)20-9-6-5-7-10-20/h5-7,9-16,18H,2-4,8,17,19H2,1H3,(H,28,29).